The van der Waals surface area contributed by atoms with Gasteiger partial charge in [-0.1, -0.05) is 32.4 Å². The second-order valence-electron chi connectivity index (χ2n) is 9.74. The van der Waals surface area contributed by atoms with E-state index in [0.29, 0.717) is 21.2 Å². The number of ketones is 1. The molecule has 2 aromatic rings. The van der Waals surface area contributed by atoms with E-state index in [2.05, 4.69) is 5.32 Å². The minimum absolute atomic E-state index is 0.106. The third kappa shape index (κ3) is 4.16. The van der Waals surface area contributed by atoms with Gasteiger partial charge in [-0.25, -0.2) is 4.79 Å². The molecule has 1 aromatic heterocycles. The van der Waals surface area contributed by atoms with Gasteiger partial charge in [0.05, 0.1) is 12.2 Å². The highest BCUT2D eigenvalue weighted by molar-refractivity contribution is 7.16. The molecular weight excluding hydrogens is 464 g/mol. The average Bonchev–Trinajstić information content (AvgIpc) is 3.14. The van der Waals surface area contributed by atoms with Gasteiger partial charge in [-0.15, -0.1) is 11.3 Å². The number of nitrogens with one attached hydrogen (secondary N) is 1. The number of rotatable bonds is 4. The molecule has 0 unspecified atom stereocenters. The van der Waals surface area contributed by atoms with Crippen LogP contribution in [-0.2, 0) is 9.53 Å². The van der Waals surface area contributed by atoms with Crippen molar-refractivity contribution in [1.82, 2.24) is 4.90 Å². The van der Waals surface area contributed by atoms with Crippen molar-refractivity contribution < 1.29 is 24.2 Å². The summed E-state index contributed by atoms with van der Waals surface area (Å²) < 4.78 is 5.81. The van der Waals surface area contributed by atoms with Crippen LogP contribution < -0.4 is 5.32 Å². The van der Waals surface area contributed by atoms with Crippen molar-refractivity contribution in [3.8, 4) is 0 Å². The van der Waals surface area contributed by atoms with Gasteiger partial charge in [-0.3, -0.25) is 14.5 Å². The lowest BCUT2D eigenvalue weighted by Crippen LogP contribution is -2.67. The summed E-state index contributed by atoms with van der Waals surface area (Å²) in [4.78, 5) is 41.4. The second kappa shape index (κ2) is 8.42. The zero-order chi connectivity index (χ0) is 24.9. The second-order valence-corrected chi connectivity index (χ2v) is 11.4. The molecule has 2 amide bonds. The number of nitrogens with zero attached hydrogens (tertiary/aromatic N) is 1. The van der Waals surface area contributed by atoms with Gasteiger partial charge in [0.15, 0.2) is 11.3 Å². The first-order valence-corrected chi connectivity index (χ1v) is 11.7. The number of halogens is 1. The van der Waals surface area contributed by atoms with E-state index < -0.39 is 28.7 Å². The van der Waals surface area contributed by atoms with Gasteiger partial charge in [0.2, 0.25) is 0 Å². The number of ether oxygens (including phenoxy) is 1. The molecule has 7 nitrogen and oxygen atoms in total. The van der Waals surface area contributed by atoms with Crippen LogP contribution in [0.15, 0.2) is 24.3 Å². The molecule has 178 valence electrons. The molecule has 0 aliphatic carbocycles. The summed E-state index contributed by atoms with van der Waals surface area (Å²) in [5.74, 6) is -0.777. The monoisotopic (exact) mass is 492 g/mol. The summed E-state index contributed by atoms with van der Waals surface area (Å²) >= 11 is 7.25. The summed E-state index contributed by atoms with van der Waals surface area (Å²) in [5.41, 5.74) is -1.91. The van der Waals surface area contributed by atoms with Gasteiger partial charge in [0, 0.05) is 15.5 Å². The zero-order valence-electron chi connectivity index (χ0n) is 19.8. The Morgan fingerprint density at radius 1 is 1.15 bits per heavy atom. The van der Waals surface area contributed by atoms with Crippen LogP contribution in [0.5, 0.6) is 0 Å². The first-order chi connectivity index (χ1) is 15.1. The van der Waals surface area contributed by atoms with Crippen LogP contribution in [0.3, 0.4) is 0 Å². The number of anilines is 1. The highest BCUT2D eigenvalue weighted by Crippen LogP contribution is 2.47. The molecule has 9 heteroatoms. The number of aryl methyl sites for hydroxylation is 1. The van der Waals surface area contributed by atoms with E-state index in [1.54, 1.807) is 58.9 Å². The SMILES string of the molecule is Cc1sc(NC(=O)[C@]2(C(C)(C)C)COC(C)(C)N2C(=O)O)c(C(=O)c2ccc(Cl)cc2)c1C. The van der Waals surface area contributed by atoms with Gasteiger partial charge in [0.1, 0.15) is 10.7 Å². The van der Waals surface area contributed by atoms with E-state index in [1.807, 2.05) is 13.8 Å². The molecule has 0 saturated carbocycles. The van der Waals surface area contributed by atoms with Gasteiger partial charge in [-0.2, -0.15) is 0 Å². The number of benzene rings is 1. The number of carboxylic acid groups (broad SMARTS) is 1. The molecule has 1 atom stereocenters. The maximum Gasteiger partial charge on any atom is 0.410 e. The number of amides is 2. The van der Waals surface area contributed by atoms with Crippen molar-refractivity contribution in [3.05, 3.63) is 50.9 Å². The van der Waals surface area contributed by atoms with Crippen LogP contribution in [0.4, 0.5) is 9.80 Å². The lowest BCUT2D eigenvalue weighted by molar-refractivity contribution is -0.133. The molecule has 1 saturated heterocycles. The van der Waals surface area contributed by atoms with E-state index >= 15 is 0 Å². The summed E-state index contributed by atoms with van der Waals surface area (Å²) in [6.45, 7) is 12.3. The maximum atomic E-state index is 13.8. The topological polar surface area (TPSA) is 95.9 Å². The molecule has 2 heterocycles. The molecule has 1 fully saturated rings. The van der Waals surface area contributed by atoms with E-state index in [4.69, 9.17) is 16.3 Å². The summed E-state index contributed by atoms with van der Waals surface area (Å²) in [7, 11) is 0. The Morgan fingerprint density at radius 3 is 2.24 bits per heavy atom. The van der Waals surface area contributed by atoms with Crippen molar-refractivity contribution in [3.63, 3.8) is 0 Å². The third-order valence-corrected chi connectivity index (χ3v) is 7.68. The Kier molecular flexibility index (Phi) is 6.43. The minimum Gasteiger partial charge on any atom is -0.465 e. The molecule has 33 heavy (non-hydrogen) atoms. The van der Waals surface area contributed by atoms with Gasteiger partial charge >= 0.3 is 6.09 Å². The number of thiophene rings is 1. The summed E-state index contributed by atoms with van der Waals surface area (Å²) in [6.07, 6.45) is -1.25. The smallest absolute Gasteiger partial charge is 0.410 e. The average molecular weight is 493 g/mol. The zero-order valence-corrected chi connectivity index (χ0v) is 21.4. The number of hydrogen-bond donors (Lipinski definition) is 2. The van der Waals surface area contributed by atoms with E-state index in [9.17, 15) is 19.5 Å². The highest BCUT2D eigenvalue weighted by Gasteiger charge is 2.64. The van der Waals surface area contributed by atoms with Crippen molar-refractivity contribution in [1.29, 1.82) is 0 Å². The quantitative estimate of drug-likeness (QED) is 0.532. The Labute approximate surface area is 202 Å². The third-order valence-electron chi connectivity index (χ3n) is 6.31. The van der Waals surface area contributed by atoms with Crippen molar-refractivity contribution in [2.45, 2.75) is 59.7 Å². The molecule has 1 aliphatic rings. The molecular formula is C24H29ClN2O5S. The van der Waals surface area contributed by atoms with E-state index in [0.717, 1.165) is 15.3 Å². The number of carbonyl (C=O) groups is 3. The van der Waals surface area contributed by atoms with E-state index in [-0.39, 0.29) is 12.4 Å². The Morgan fingerprint density at radius 2 is 1.73 bits per heavy atom. The van der Waals surface area contributed by atoms with E-state index in [1.165, 1.54) is 11.3 Å². The van der Waals surface area contributed by atoms with Crippen LogP contribution in [-0.4, -0.2) is 45.7 Å². The van der Waals surface area contributed by atoms with Gasteiger partial charge in [0.25, 0.3) is 5.91 Å². The number of hydrogen-bond acceptors (Lipinski definition) is 5. The van der Waals surface area contributed by atoms with Crippen molar-refractivity contribution >= 4 is 45.7 Å². The minimum atomic E-state index is -1.51. The highest BCUT2D eigenvalue weighted by atomic mass is 35.5. The van der Waals surface area contributed by atoms with Crippen molar-refractivity contribution in [2.75, 3.05) is 11.9 Å². The Balaban J connectivity index is 2.08. The largest absolute Gasteiger partial charge is 0.465 e. The molecule has 1 aromatic carbocycles. The standard InChI is InChI=1S/C24H29ClN2O5S/c1-13-14(2)33-19(17(13)18(28)15-8-10-16(25)11-9-15)26-20(29)24(22(3,4)5)12-32-23(6,7)27(24)21(30)31/h8-11H,12H2,1-7H3,(H,26,29)(H,30,31)/t24-/m0/s1. The fourth-order valence-electron chi connectivity index (χ4n) is 4.26. The number of carbonyl (C=O) groups excluding carboxylic acids is 2. The van der Waals surface area contributed by atoms with Gasteiger partial charge < -0.3 is 15.2 Å². The maximum absolute atomic E-state index is 13.8. The predicted molar refractivity (Wildman–Crippen MR) is 129 cm³/mol. The normalized spacial score (nSPS) is 20.1. The lowest BCUT2D eigenvalue weighted by atomic mass is 9.72. The molecule has 0 bridgehead atoms. The lowest BCUT2D eigenvalue weighted by Gasteiger charge is -2.46. The fourth-order valence-corrected chi connectivity index (χ4v) is 5.44. The fraction of sp³-hybridized carbons (Fsp3) is 0.458. The first kappa shape index (κ1) is 25.2. The van der Waals surface area contributed by atoms with Crippen LogP contribution in [0.1, 0.15) is 61.0 Å². The molecule has 2 N–H and O–H groups in total. The molecule has 3 rings (SSSR count). The first-order valence-electron chi connectivity index (χ1n) is 10.5. The van der Waals surface area contributed by atoms with Crippen LogP contribution in [0.2, 0.25) is 5.02 Å². The van der Waals surface area contributed by atoms with Crippen LogP contribution >= 0.6 is 22.9 Å². The summed E-state index contributed by atoms with van der Waals surface area (Å²) in [5, 5.41) is 13.8. The molecule has 0 spiro atoms. The van der Waals surface area contributed by atoms with Crippen molar-refractivity contribution in [2.24, 2.45) is 5.41 Å². The van der Waals surface area contributed by atoms with Crippen LogP contribution in [0.25, 0.3) is 0 Å². The predicted octanol–water partition coefficient (Wildman–Crippen LogP) is 5.72. The molecule has 0 radical (unpaired) electrons. The summed E-state index contributed by atoms with van der Waals surface area (Å²) in [6, 6.07) is 6.55. The van der Waals surface area contributed by atoms with Crippen LogP contribution in [0, 0.1) is 19.3 Å². The van der Waals surface area contributed by atoms with Gasteiger partial charge in [-0.05, 0) is 62.9 Å². The molecule has 1 aliphatic heterocycles. The Bertz CT molecular complexity index is 1120. The Hall–Kier alpha value is -2.42.